The molecule has 59 heavy (non-hydrogen) atoms. The van der Waals surface area contributed by atoms with Crippen LogP contribution in [0.4, 0.5) is 34.1 Å². The second-order valence-electron chi connectivity index (χ2n) is 19.8. The quantitative estimate of drug-likeness (QED) is 0.167. The maximum Gasteiger partial charge on any atom is 0.252 e. The summed E-state index contributed by atoms with van der Waals surface area (Å²) in [7, 11) is 0. The summed E-state index contributed by atoms with van der Waals surface area (Å²) in [5.74, 6) is 0. The third-order valence-corrected chi connectivity index (χ3v) is 12.4. The Morgan fingerprint density at radius 2 is 0.898 bits per heavy atom. The van der Waals surface area contributed by atoms with Crippen LogP contribution in [0, 0.1) is 13.8 Å². The Morgan fingerprint density at radius 1 is 0.424 bits per heavy atom. The average molecular weight is 771 g/mol. The molecule has 4 nitrogen and oxygen atoms in total. The van der Waals surface area contributed by atoms with E-state index in [2.05, 4.69) is 207 Å². The number of aromatic nitrogens is 2. The van der Waals surface area contributed by atoms with Gasteiger partial charge in [-0.25, -0.2) is 0 Å². The predicted molar refractivity (Wildman–Crippen MR) is 252 cm³/mol. The Bertz CT molecular complexity index is 2750. The highest BCUT2D eigenvalue weighted by atomic mass is 15.2. The second kappa shape index (κ2) is 13.8. The summed E-state index contributed by atoms with van der Waals surface area (Å²) in [6.07, 6.45) is 3.96. The smallest absolute Gasteiger partial charge is 0.252 e. The first-order valence-corrected chi connectivity index (χ1v) is 21.1. The van der Waals surface area contributed by atoms with Crippen LogP contribution >= 0.6 is 0 Å². The maximum absolute atomic E-state index is 5.15. The molecular weight excluding hydrogens is 715 g/mol. The molecule has 7 aromatic rings. The van der Waals surface area contributed by atoms with Gasteiger partial charge in [-0.2, -0.15) is 0 Å². The third kappa shape index (κ3) is 6.65. The summed E-state index contributed by atoms with van der Waals surface area (Å²) in [5, 5.41) is 0. The molecule has 0 bridgehead atoms. The predicted octanol–water partition coefficient (Wildman–Crippen LogP) is 12.4. The average Bonchev–Trinajstić information content (AvgIpc) is 3.20. The Labute approximate surface area is 352 Å². The van der Waals surface area contributed by atoms with Crippen molar-refractivity contribution in [1.82, 2.24) is 9.97 Å². The number of benzene rings is 5. The summed E-state index contributed by atoms with van der Waals surface area (Å²) < 4.78 is 0. The molecule has 0 unspecified atom stereocenters. The van der Waals surface area contributed by atoms with E-state index in [0.29, 0.717) is 0 Å². The van der Waals surface area contributed by atoms with Crippen molar-refractivity contribution in [2.75, 3.05) is 9.80 Å². The lowest BCUT2D eigenvalue weighted by Gasteiger charge is -2.45. The number of rotatable bonds is 4. The zero-order chi connectivity index (χ0) is 41.6. The number of fused-ring (bicyclic) bond motifs is 4. The molecule has 5 aromatic carbocycles. The van der Waals surface area contributed by atoms with E-state index in [1.165, 1.54) is 67.0 Å². The van der Waals surface area contributed by atoms with E-state index in [9.17, 15) is 0 Å². The van der Waals surface area contributed by atoms with Crippen molar-refractivity contribution in [1.29, 1.82) is 0 Å². The molecular formula is C54H55BN4. The largest absolute Gasteiger partial charge is 0.311 e. The number of hydrogen-bond acceptors (Lipinski definition) is 4. The minimum atomic E-state index is -0.0380. The molecule has 2 aliphatic heterocycles. The van der Waals surface area contributed by atoms with Crippen molar-refractivity contribution in [3.05, 3.63) is 162 Å². The normalized spacial score (nSPS) is 13.6. The molecule has 4 heterocycles. The molecule has 2 aromatic heterocycles. The molecule has 294 valence electrons. The second-order valence-corrected chi connectivity index (χ2v) is 19.8. The molecule has 0 amide bonds. The molecule has 0 saturated carbocycles. The molecule has 5 heteroatoms. The zero-order valence-corrected chi connectivity index (χ0v) is 36.6. The SMILES string of the molecule is Cc1ccc(N2c3ccc(C(C)(C)C)cc3B3c4cc(C(C)(C)C)ccc4N(c4ccc(C)cc4-c4ccc(C(C)(C)C)cn4)c4cccc2c43)c(-c2ccccn2)c1. The third-order valence-electron chi connectivity index (χ3n) is 12.4. The van der Waals surface area contributed by atoms with Crippen molar-refractivity contribution in [2.24, 2.45) is 0 Å². The van der Waals surface area contributed by atoms with E-state index >= 15 is 0 Å². The zero-order valence-electron chi connectivity index (χ0n) is 36.6. The van der Waals surface area contributed by atoms with E-state index in [1.54, 1.807) is 0 Å². The van der Waals surface area contributed by atoms with Gasteiger partial charge in [-0.05, 0) is 130 Å². The van der Waals surface area contributed by atoms with Crippen molar-refractivity contribution in [2.45, 2.75) is 92.4 Å². The van der Waals surface area contributed by atoms with Gasteiger partial charge in [0.15, 0.2) is 0 Å². The van der Waals surface area contributed by atoms with Gasteiger partial charge in [0.25, 0.3) is 6.71 Å². The van der Waals surface area contributed by atoms with Crippen LogP contribution in [0.3, 0.4) is 0 Å². The van der Waals surface area contributed by atoms with E-state index in [0.717, 1.165) is 33.9 Å². The standard InChI is InChI=1S/C54H55BN4/c1-34-18-24-45(39(29-34)43-15-12-13-28-56-43)58-47-26-21-36(52(3,4)5)31-41(47)55-42-32-37(53(6,7)8)22-27-48(42)59(50-17-14-16-49(58)51(50)55)46-25-19-35(2)30-40(46)44-23-20-38(33-57-44)54(9,10)11/h12-33H,1-11H3. The molecule has 0 fully saturated rings. The Hall–Kier alpha value is -5.94. The van der Waals surface area contributed by atoms with Crippen LogP contribution in [-0.4, -0.2) is 16.7 Å². The highest BCUT2D eigenvalue weighted by Crippen LogP contribution is 2.48. The Balaban J connectivity index is 1.37. The van der Waals surface area contributed by atoms with Crippen LogP contribution in [0.1, 0.15) is 90.1 Å². The van der Waals surface area contributed by atoms with Crippen LogP contribution in [-0.2, 0) is 16.2 Å². The van der Waals surface area contributed by atoms with Gasteiger partial charge in [0, 0.05) is 46.3 Å². The lowest BCUT2D eigenvalue weighted by molar-refractivity contribution is 0.587. The summed E-state index contributed by atoms with van der Waals surface area (Å²) in [6.45, 7) is 25.0. The summed E-state index contributed by atoms with van der Waals surface area (Å²) in [4.78, 5) is 15.1. The fourth-order valence-corrected chi connectivity index (χ4v) is 9.01. The number of pyridine rings is 2. The van der Waals surface area contributed by atoms with Crippen molar-refractivity contribution in [3.8, 4) is 22.5 Å². The molecule has 0 saturated heterocycles. The van der Waals surface area contributed by atoms with Gasteiger partial charge in [-0.15, -0.1) is 0 Å². The lowest BCUT2D eigenvalue weighted by atomic mass is 9.33. The molecule has 0 N–H and O–H groups in total. The van der Waals surface area contributed by atoms with E-state index in [1.807, 2.05) is 12.3 Å². The fraction of sp³-hybridized carbons (Fsp3) is 0.259. The van der Waals surface area contributed by atoms with E-state index in [-0.39, 0.29) is 23.0 Å². The van der Waals surface area contributed by atoms with Crippen LogP contribution in [0.25, 0.3) is 22.5 Å². The van der Waals surface area contributed by atoms with Crippen molar-refractivity contribution < 1.29 is 0 Å². The van der Waals surface area contributed by atoms with Gasteiger partial charge in [-0.1, -0.05) is 128 Å². The maximum atomic E-state index is 5.15. The first kappa shape index (κ1) is 38.6. The number of anilines is 6. The molecule has 0 atom stereocenters. The molecule has 0 radical (unpaired) electrons. The topological polar surface area (TPSA) is 32.3 Å². The van der Waals surface area contributed by atoms with Crippen LogP contribution in [0.5, 0.6) is 0 Å². The number of nitrogens with zero attached hydrogens (tertiary/aromatic N) is 4. The van der Waals surface area contributed by atoms with Gasteiger partial charge in [-0.3, -0.25) is 9.97 Å². The van der Waals surface area contributed by atoms with Gasteiger partial charge in [0.05, 0.1) is 22.8 Å². The molecule has 9 rings (SSSR count). The van der Waals surface area contributed by atoms with Crippen LogP contribution in [0.15, 0.2) is 134 Å². The summed E-state index contributed by atoms with van der Waals surface area (Å²) >= 11 is 0. The first-order valence-electron chi connectivity index (χ1n) is 21.1. The lowest BCUT2D eigenvalue weighted by Crippen LogP contribution is -2.61. The fourth-order valence-electron chi connectivity index (χ4n) is 9.01. The van der Waals surface area contributed by atoms with Crippen LogP contribution in [0.2, 0.25) is 0 Å². The van der Waals surface area contributed by atoms with E-state index < -0.39 is 0 Å². The van der Waals surface area contributed by atoms with Crippen molar-refractivity contribution in [3.63, 3.8) is 0 Å². The highest BCUT2D eigenvalue weighted by Gasteiger charge is 2.44. The minimum absolute atomic E-state index is 0.00476. The van der Waals surface area contributed by atoms with Gasteiger partial charge >= 0.3 is 0 Å². The Morgan fingerprint density at radius 3 is 1.34 bits per heavy atom. The van der Waals surface area contributed by atoms with Gasteiger partial charge in [0.1, 0.15) is 0 Å². The van der Waals surface area contributed by atoms with Crippen molar-refractivity contribution >= 4 is 57.2 Å². The monoisotopic (exact) mass is 770 g/mol. The summed E-state index contributed by atoms with van der Waals surface area (Å²) in [5.41, 5.74) is 21.3. The number of aryl methyl sites for hydroxylation is 2. The summed E-state index contributed by atoms with van der Waals surface area (Å²) in [6, 6.07) is 45.7. The van der Waals surface area contributed by atoms with Crippen LogP contribution < -0.4 is 26.2 Å². The minimum Gasteiger partial charge on any atom is -0.311 e. The number of hydrogen-bond donors (Lipinski definition) is 0. The molecule has 0 aliphatic carbocycles. The molecule has 2 aliphatic rings. The van der Waals surface area contributed by atoms with Gasteiger partial charge < -0.3 is 9.80 Å². The van der Waals surface area contributed by atoms with Gasteiger partial charge in [0.2, 0.25) is 0 Å². The van der Waals surface area contributed by atoms with E-state index in [4.69, 9.17) is 9.97 Å². The molecule has 0 spiro atoms. The first-order chi connectivity index (χ1) is 28.0. The highest BCUT2D eigenvalue weighted by molar-refractivity contribution is 7.00. The Kier molecular flexibility index (Phi) is 9.05.